The first-order chi connectivity index (χ1) is 14.8. The summed E-state index contributed by atoms with van der Waals surface area (Å²) in [5, 5.41) is 9.35. The minimum absolute atomic E-state index is 0.0404. The third-order valence-electron chi connectivity index (χ3n) is 5.15. The molecule has 0 aliphatic carbocycles. The zero-order chi connectivity index (χ0) is 22.2. The lowest BCUT2D eigenvalue weighted by Crippen LogP contribution is -2.49. The normalized spacial score (nSPS) is 17.5. The van der Waals surface area contributed by atoms with Gasteiger partial charge in [0.2, 0.25) is 0 Å². The number of aromatic amines is 1. The standard InChI is InChI=1S/C21H24N4O5S/c1-3-15-10-30-11-21(27)25(15)20-7-13(12-31(2,28)29)6-18(24-20)17-5-4-16-19(23-17)8-14(9-26)22-16/h4-8,15,22,26H,3,9-12H2,1-2H3/t15-/m0/s1. The Balaban J connectivity index is 1.84. The number of carbonyl (C=O) groups excluding carboxylic acids is 1. The number of nitrogens with one attached hydrogen (secondary N) is 1. The third kappa shape index (κ3) is 4.60. The van der Waals surface area contributed by atoms with E-state index >= 15 is 0 Å². The van der Waals surface area contributed by atoms with E-state index < -0.39 is 9.84 Å². The smallest absolute Gasteiger partial charge is 0.254 e. The molecule has 1 aliphatic heterocycles. The number of morpholine rings is 1. The number of rotatable bonds is 6. The topological polar surface area (TPSA) is 125 Å². The molecule has 10 heteroatoms. The van der Waals surface area contributed by atoms with Gasteiger partial charge >= 0.3 is 0 Å². The summed E-state index contributed by atoms with van der Waals surface area (Å²) in [6, 6.07) is 8.51. The van der Waals surface area contributed by atoms with Crippen LogP contribution in [0.1, 0.15) is 24.6 Å². The Morgan fingerprint density at radius 3 is 2.74 bits per heavy atom. The second kappa shape index (κ2) is 8.37. The SMILES string of the molecule is CC[C@H]1COCC(=O)N1c1cc(CS(C)(=O)=O)cc(-c2ccc3[nH]c(CO)cc3n2)n1. The van der Waals surface area contributed by atoms with Crippen LogP contribution in [0, 0.1) is 0 Å². The van der Waals surface area contributed by atoms with Crippen LogP contribution in [0.15, 0.2) is 30.3 Å². The van der Waals surface area contributed by atoms with Crippen molar-refractivity contribution in [3.05, 3.63) is 41.6 Å². The lowest BCUT2D eigenvalue weighted by Gasteiger charge is -2.34. The van der Waals surface area contributed by atoms with Crippen molar-refractivity contribution in [1.82, 2.24) is 15.0 Å². The molecule has 0 radical (unpaired) electrons. The summed E-state index contributed by atoms with van der Waals surface area (Å²) < 4.78 is 29.3. The van der Waals surface area contributed by atoms with E-state index in [1.807, 2.05) is 13.0 Å². The number of pyridine rings is 2. The van der Waals surface area contributed by atoms with Gasteiger partial charge in [-0.1, -0.05) is 6.92 Å². The number of aliphatic hydroxyl groups excluding tert-OH is 1. The molecule has 3 aromatic heterocycles. The molecular weight excluding hydrogens is 420 g/mol. The second-order valence-corrected chi connectivity index (χ2v) is 9.85. The molecule has 0 aromatic carbocycles. The van der Waals surface area contributed by atoms with Crippen molar-refractivity contribution >= 4 is 32.6 Å². The van der Waals surface area contributed by atoms with Crippen LogP contribution >= 0.6 is 0 Å². The highest BCUT2D eigenvalue weighted by Crippen LogP contribution is 2.28. The lowest BCUT2D eigenvalue weighted by atomic mass is 10.1. The van der Waals surface area contributed by atoms with E-state index in [4.69, 9.17) is 4.74 Å². The number of sulfone groups is 1. The van der Waals surface area contributed by atoms with Crippen LogP contribution in [-0.4, -0.2) is 59.9 Å². The first-order valence-electron chi connectivity index (χ1n) is 9.95. The summed E-state index contributed by atoms with van der Waals surface area (Å²) in [5.41, 5.74) is 3.62. The Morgan fingerprint density at radius 2 is 2.03 bits per heavy atom. The summed E-state index contributed by atoms with van der Waals surface area (Å²) >= 11 is 0. The molecule has 0 bridgehead atoms. The van der Waals surface area contributed by atoms with Crippen molar-refractivity contribution in [2.24, 2.45) is 0 Å². The van der Waals surface area contributed by atoms with E-state index in [9.17, 15) is 18.3 Å². The van der Waals surface area contributed by atoms with Gasteiger partial charge < -0.3 is 14.8 Å². The van der Waals surface area contributed by atoms with E-state index in [0.29, 0.717) is 47.0 Å². The number of aliphatic hydroxyl groups is 1. The number of hydrogen-bond donors (Lipinski definition) is 2. The maximum absolute atomic E-state index is 12.6. The van der Waals surface area contributed by atoms with Gasteiger partial charge in [0.15, 0.2) is 9.84 Å². The van der Waals surface area contributed by atoms with Crippen LogP contribution in [-0.2, 0) is 31.7 Å². The summed E-state index contributed by atoms with van der Waals surface area (Å²) in [7, 11) is -3.30. The van der Waals surface area contributed by atoms with Crippen LogP contribution in [0.25, 0.3) is 22.4 Å². The molecule has 164 valence electrons. The first-order valence-corrected chi connectivity index (χ1v) is 12.0. The zero-order valence-electron chi connectivity index (χ0n) is 17.3. The van der Waals surface area contributed by atoms with Gasteiger partial charge in [0.25, 0.3) is 5.91 Å². The summed E-state index contributed by atoms with van der Waals surface area (Å²) in [6.07, 6.45) is 1.85. The average Bonchev–Trinajstić information content (AvgIpc) is 3.14. The van der Waals surface area contributed by atoms with Crippen LogP contribution in [0.3, 0.4) is 0 Å². The highest BCUT2D eigenvalue weighted by Gasteiger charge is 2.30. The Hall–Kier alpha value is -2.82. The van der Waals surface area contributed by atoms with Crippen molar-refractivity contribution < 1.29 is 23.1 Å². The lowest BCUT2D eigenvalue weighted by molar-refractivity contribution is -0.127. The van der Waals surface area contributed by atoms with E-state index in [-0.39, 0.29) is 30.9 Å². The number of amides is 1. The van der Waals surface area contributed by atoms with Crippen LogP contribution < -0.4 is 4.90 Å². The molecule has 1 saturated heterocycles. The van der Waals surface area contributed by atoms with Gasteiger partial charge in [-0.2, -0.15) is 0 Å². The largest absolute Gasteiger partial charge is 0.390 e. The molecule has 2 N–H and O–H groups in total. The van der Waals surface area contributed by atoms with Crippen LogP contribution in [0.4, 0.5) is 5.82 Å². The van der Waals surface area contributed by atoms with E-state index in [1.54, 1.807) is 29.2 Å². The van der Waals surface area contributed by atoms with E-state index in [2.05, 4.69) is 15.0 Å². The number of nitrogens with zero attached hydrogens (tertiary/aromatic N) is 3. The van der Waals surface area contributed by atoms with E-state index in [1.165, 1.54) is 6.26 Å². The van der Waals surface area contributed by atoms with Gasteiger partial charge in [0, 0.05) is 11.9 Å². The van der Waals surface area contributed by atoms with Gasteiger partial charge in [-0.25, -0.2) is 18.4 Å². The fraction of sp³-hybridized carbons (Fsp3) is 0.381. The number of hydrogen-bond acceptors (Lipinski definition) is 7. The molecule has 4 rings (SSSR count). The van der Waals surface area contributed by atoms with Gasteiger partial charge in [-0.05, 0) is 42.3 Å². The Labute approximate surface area is 180 Å². The average molecular weight is 445 g/mol. The van der Waals surface area contributed by atoms with Gasteiger partial charge in [-0.15, -0.1) is 0 Å². The number of anilines is 1. The highest BCUT2D eigenvalue weighted by molar-refractivity contribution is 7.89. The van der Waals surface area contributed by atoms with Gasteiger partial charge in [-0.3, -0.25) is 9.69 Å². The molecular formula is C21H24N4O5S. The quantitative estimate of drug-likeness (QED) is 0.594. The second-order valence-electron chi connectivity index (χ2n) is 7.71. The molecule has 4 heterocycles. The first kappa shape index (κ1) is 21.4. The van der Waals surface area contributed by atoms with Crippen molar-refractivity contribution in [3.8, 4) is 11.4 Å². The van der Waals surface area contributed by atoms with Gasteiger partial charge in [0.05, 0.1) is 47.4 Å². The molecule has 1 fully saturated rings. The molecule has 0 saturated carbocycles. The fourth-order valence-electron chi connectivity index (χ4n) is 3.75. The molecule has 1 atom stereocenters. The van der Waals surface area contributed by atoms with Gasteiger partial charge in [0.1, 0.15) is 12.4 Å². The highest BCUT2D eigenvalue weighted by atomic mass is 32.2. The maximum Gasteiger partial charge on any atom is 0.254 e. The summed E-state index contributed by atoms with van der Waals surface area (Å²) in [6.45, 7) is 2.19. The molecule has 3 aromatic rings. The summed E-state index contributed by atoms with van der Waals surface area (Å²) in [5.74, 6) is 0.00400. The van der Waals surface area contributed by atoms with E-state index in [0.717, 1.165) is 5.52 Å². The number of fused-ring (bicyclic) bond motifs is 1. The zero-order valence-corrected chi connectivity index (χ0v) is 18.1. The monoisotopic (exact) mass is 444 g/mol. The molecule has 1 aliphatic rings. The minimum atomic E-state index is -3.30. The fourth-order valence-corrected chi connectivity index (χ4v) is 4.52. The molecule has 1 amide bonds. The summed E-state index contributed by atoms with van der Waals surface area (Å²) in [4.78, 5) is 26.6. The Morgan fingerprint density at radius 1 is 1.23 bits per heavy atom. The van der Waals surface area contributed by atoms with Crippen molar-refractivity contribution in [3.63, 3.8) is 0 Å². The predicted molar refractivity (Wildman–Crippen MR) is 116 cm³/mol. The van der Waals surface area contributed by atoms with Crippen molar-refractivity contribution in [1.29, 1.82) is 0 Å². The molecule has 9 nitrogen and oxygen atoms in total. The molecule has 0 unspecified atom stereocenters. The minimum Gasteiger partial charge on any atom is -0.390 e. The molecule has 0 spiro atoms. The predicted octanol–water partition coefficient (Wildman–Crippen LogP) is 1.80. The Kier molecular flexibility index (Phi) is 5.78. The third-order valence-corrected chi connectivity index (χ3v) is 6.01. The van der Waals surface area contributed by atoms with Crippen molar-refractivity contribution in [2.45, 2.75) is 31.7 Å². The number of H-pyrrole nitrogens is 1. The van der Waals surface area contributed by atoms with Crippen LogP contribution in [0.5, 0.6) is 0 Å². The number of aromatic nitrogens is 3. The Bertz CT molecular complexity index is 1240. The number of carbonyl (C=O) groups is 1. The van der Waals surface area contributed by atoms with Crippen LogP contribution in [0.2, 0.25) is 0 Å². The van der Waals surface area contributed by atoms with Crippen molar-refractivity contribution in [2.75, 3.05) is 24.4 Å². The number of ether oxygens (including phenoxy) is 1. The molecule has 31 heavy (non-hydrogen) atoms. The maximum atomic E-state index is 12.6.